The monoisotopic (exact) mass is 325 g/mol. The zero-order chi connectivity index (χ0) is 14.7. The van der Waals surface area contributed by atoms with Gasteiger partial charge in [-0.3, -0.25) is 0 Å². The summed E-state index contributed by atoms with van der Waals surface area (Å²) in [4.78, 5) is 0.0744. The van der Waals surface area contributed by atoms with Crippen LogP contribution in [-0.2, 0) is 25.7 Å². The van der Waals surface area contributed by atoms with E-state index in [9.17, 15) is 16.8 Å². The molecule has 0 saturated heterocycles. The second-order valence-electron chi connectivity index (χ2n) is 4.36. The van der Waals surface area contributed by atoms with E-state index in [2.05, 4.69) is 4.72 Å². The molecule has 19 heavy (non-hydrogen) atoms. The van der Waals surface area contributed by atoms with Crippen molar-refractivity contribution in [2.45, 2.75) is 23.7 Å². The van der Waals surface area contributed by atoms with Gasteiger partial charge in [0.1, 0.15) is 9.84 Å². The molecule has 0 bridgehead atoms. The van der Waals surface area contributed by atoms with Crippen molar-refractivity contribution in [3.63, 3.8) is 0 Å². The Morgan fingerprint density at radius 2 is 1.79 bits per heavy atom. The highest BCUT2D eigenvalue weighted by atomic mass is 35.5. The van der Waals surface area contributed by atoms with Crippen LogP contribution in [0.15, 0.2) is 29.2 Å². The summed E-state index contributed by atoms with van der Waals surface area (Å²) in [7, 11) is -7.02. The zero-order valence-corrected chi connectivity index (χ0v) is 13.0. The molecule has 0 amide bonds. The molecule has 108 valence electrons. The van der Waals surface area contributed by atoms with Gasteiger partial charge < -0.3 is 0 Å². The SMILES string of the molecule is CC(CS(C)(=O)=O)NS(=O)(=O)c1ccccc1CCl. The number of sulfone groups is 1. The number of rotatable bonds is 6. The molecule has 0 saturated carbocycles. The second kappa shape index (κ2) is 6.21. The first-order valence-electron chi connectivity index (χ1n) is 5.49. The van der Waals surface area contributed by atoms with Crippen LogP contribution in [0.2, 0.25) is 0 Å². The van der Waals surface area contributed by atoms with Gasteiger partial charge in [-0.25, -0.2) is 21.6 Å². The summed E-state index contributed by atoms with van der Waals surface area (Å²) in [5.74, 6) is -0.188. The van der Waals surface area contributed by atoms with Crippen molar-refractivity contribution in [1.29, 1.82) is 0 Å². The lowest BCUT2D eigenvalue weighted by Gasteiger charge is -2.14. The highest BCUT2D eigenvalue weighted by Crippen LogP contribution is 2.17. The van der Waals surface area contributed by atoms with Crippen LogP contribution >= 0.6 is 11.6 Å². The van der Waals surface area contributed by atoms with Gasteiger partial charge in [0.25, 0.3) is 0 Å². The molecule has 1 aromatic carbocycles. The molecular weight excluding hydrogens is 310 g/mol. The minimum atomic E-state index is -3.77. The van der Waals surface area contributed by atoms with Gasteiger partial charge in [0, 0.05) is 18.2 Å². The fraction of sp³-hybridized carbons (Fsp3) is 0.455. The van der Waals surface area contributed by atoms with Gasteiger partial charge in [-0.2, -0.15) is 0 Å². The molecule has 0 fully saturated rings. The molecule has 0 aliphatic carbocycles. The Kier molecular flexibility index (Phi) is 5.37. The first-order chi connectivity index (χ1) is 8.65. The third kappa shape index (κ3) is 5.10. The van der Waals surface area contributed by atoms with Crippen molar-refractivity contribution in [3.05, 3.63) is 29.8 Å². The average Bonchev–Trinajstić information content (AvgIpc) is 2.25. The molecule has 1 atom stereocenters. The molecule has 0 aromatic heterocycles. The number of hydrogen-bond acceptors (Lipinski definition) is 4. The Labute approximate surface area is 118 Å². The van der Waals surface area contributed by atoms with E-state index in [4.69, 9.17) is 11.6 Å². The minimum Gasteiger partial charge on any atom is -0.229 e. The lowest BCUT2D eigenvalue weighted by Crippen LogP contribution is -2.37. The lowest BCUT2D eigenvalue weighted by molar-refractivity contribution is 0.564. The van der Waals surface area contributed by atoms with Crippen molar-refractivity contribution >= 4 is 31.5 Å². The molecular formula is C11H16ClNO4S2. The second-order valence-corrected chi connectivity index (χ2v) is 8.49. The van der Waals surface area contributed by atoms with Crippen molar-refractivity contribution in [1.82, 2.24) is 4.72 Å². The summed E-state index contributed by atoms with van der Waals surface area (Å²) < 4.78 is 48.9. The van der Waals surface area contributed by atoms with Crippen molar-refractivity contribution in [2.24, 2.45) is 0 Å². The van der Waals surface area contributed by atoms with Crippen molar-refractivity contribution in [2.75, 3.05) is 12.0 Å². The van der Waals surface area contributed by atoms with Gasteiger partial charge in [0.15, 0.2) is 0 Å². The Balaban J connectivity index is 2.99. The Hall–Kier alpha value is -0.630. The Bertz CT molecular complexity index is 640. The van der Waals surface area contributed by atoms with Crippen LogP contribution in [0.25, 0.3) is 0 Å². The summed E-state index contributed by atoms with van der Waals surface area (Å²) in [6.07, 6.45) is 1.06. The summed E-state index contributed by atoms with van der Waals surface area (Å²) >= 11 is 5.69. The fourth-order valence-electron chi connectivity index (χ4n) is 1.69. The molecule has 1 N–H and O–H groups in total. The number of nitrogens with one attached hydrogen (secondary N) is 1. The van der Waals surface area contributed by atoms with E-state index in [0.717, 1.165) is 6.26 Å². The van der Waals surface area contributed by atoms with Gasteiger partial charge in [-0.1, -0.05) is 18.2 Å². The number of benzene rings is 1. The summed E-state index contributed by atoms with van der Waals surface area (Å²) in [6, 6.07) is 5.63. The Morgan fingerprint density at radius 3 is 2.32 bits per heavy atom. The molecule has 0 spiro atoms. The van der Waals surface area contributed by atoms with Gasteiger partial charge in [0.05, 0.1) is 10.6 Å². The minimum absolute atomic E-state index is 0.0670. The number of sulfonamides is 1. The predicted octanol–water partition coefficient (Wildman–Crippen LogP) is 1.14. The van der Waals surface area contributed by atoms with Crippen LogP contribution in [0.4, 0.5) is 0 Å². The summed E-state index contributed by atoms with van der Waals surface area (Å²) in [5.41, 5.74) is 0.475. The standard InChI is InChI=1S/C11H16ClNO4S2/c1-9(8-18(2,14)15)13-19(16,17)11-6-4-3-5-10(11)7-12/h3-6,9,13H,7-8H2,1-2H3. The fourth-order valence-corrected chi connectivity index (χ4v) is 4.59. The van der Waals surface area contributed by atoms with Crippen LogP contribution in [0.5, 0.6) is 0 Å². The van der Waals surface area contributed by atoms with E-state index in [1.165, 1.54) is 13.0 Å². The molecule has 8 heteroatoms. The number of hydrogen-bond donors (Lipinski definition) is 1. The van der Waals surface area contributed by atoms with Crippen LogP contribution in [0.3, 0.4) is 0 Å². The van der Waals surface area contributed by atoms with E-state index in [0.29, 0.717) is 5.56 Å². The van der Waals surface area contributed by atoms with E-state index in [1.807, 2.05) is 0 Å². The van der Waals surface area contributed by atoms with Gasteiger partial charge in [-0.15, -0.1) is 11.6 Å². The van der Waals surface area contributed by atoms with Crippen LogP contribution < -0.4 is 4.72 Å². The molecule has 0 radical (unpaired) electrons. The van der Waals surface area contributed by atoms with E-state index < -0.39 is 25.9 Å². The molecule has 1 aromatic rings. The maximum absolute atomic E-state index is 12.1. The highest BCUT2D eigenvalue weighted by Gasteiger charge is 2.22. The van der Waals surface area contributed by atoms with Crippen LogP contribution in [0.1, 0.15) is 12.5 Å². The Morgan fingerprint density at radius 1 is 1.21 bits per heavy atom. The molecule has 0 aliphatic rings. The largest absolute Gasteiger partial charge is 0.241 e. The molecule has 1 rings (SSSR count). The average molecular weight is 326 g/mol. The maximum Gasteiger partial charge on any atom is 0.241 e. The lowest BCUT2D eigenvalue weighted by atomic mass is 10.2. The zero-order valence-electron chi connectivity index (χ0n) is 10.6. The van der Waals surface area contributed by atoms with E-state index in [-0.39, 0.29) is 16.5 Å². The van der Waals surface area contributed by atoms with Crippen LogP contribution in [0, 0.1) is 0 Å². The van der Waals surface area contributed by atoms with Gasteiger partial charge >= 0.3 is 0 Å². The van der Waals surface area contributed by atoms with E-state index in [1.54, 1.807) is 18.2 Å². The first-order valence-corrected chi connectivity index (χ1v) is 9.57. The number of halogens is 1. The van der Waals surface area contributed by atoms with Gasteiger partial charge in [-0.05, 0) is 18.6 Å². The van der Waals surface area contributed by atoms with Crippen molar-refractivity contribution < 1.29 is 16.8 Å². The third-order valence-electron chi connectivity index (χ3n) is 2.32. The van der Waals surface area contributed by atoms with Gasteiger partial charge in [0.2, 0.25) is 10.0 Å². The molecule has 0 aliphatic heterocycles. The molecule has 5 nitrogen and oxygen atoms in total. The first kappa shape index (κ1) is 16.4. The molecule has 0 heterocycles. The number of alkyl halides is 1. The smallest absolute Gasteiger partial charge is 0.229 e. The molecule has 1 unspecified atom stereocenters. The predicted molar refractivity (Wildman–Crippen MR) is 75.5 cm³/mol. The summed E-state index contributed by atoms with van der Waals surface area (Å²) in [5, 5.41) is 0. The summed E-state index contributed by atoms with van der Waals surface area (Å²) in [6.45, 7) is 1.50. The normalized spacial score (nSPS) is 14.3. The van der Waals surface area contributed by atoms with Crippen LogP contribution in [-0.4, -0.2) is 34.9 Å². The van der Waals surface area contributed by atoms with E-state index >= 15 is 0 Å². The quantitative estimate of drug-likeness (QED) is 0.795. The highest BCUT2D eigenvalue weighted by molar-refractivity contribution is 7.91. The third-order valence-corrected chi connectivity index (χ3v) is 5.40. The maximum atomic E-state index is 12.1. The van der Waals surface area contributed by atoms with Crippen molar-refractivity contribution in [3.8, 4) is 0 Å². The topological polar surface area (TPSA) is 80.3 Å².